The van der Waals surface area contributed by atoms with Gasteiger partial charge in [0.1, 0.15) is 5.82 Å². The number of benzene rings is 2. The summed E-state index contributed by atoms with van der Waals surface area (Å²) in [7, 11) is 1.35. The highest BCUT2D eigenvalue weighted by atomic mass is 19.3. The third-order valence-electron chi connectivity index (χ3n) is 3.75. The zero-order valence-corrected chi connectivity index (χ0v) is 14.9. The molecule has 0 aliphatic rings. The van der Waals surface area contributed by atoms with Crippen LogP contribution in [0.25, 0.3) is 17.5 Å². The van der Waals surface area contributed by atoms with Gasteiger partial charge in [-0.3, -0.25) is 4.79 Å². The summed E-state index contributed by atoms with van der Waals surface area (Å²) in [6.45, 7) is -2.94. The van der Waals surface area contributed by atoms with E-state index in [0.29, 0.717) is 11.3 Å². The molecule has 1 amide bonds. The van der Waals surface area contributed by atoms with Gasteiger partial charge in [-0.2, -0.15) is 8.78 Å². The monoisotopic (exact) mass is 385 g/mol. The number of hydrogen-bond acceptors (Lipinski definition) is 4. The largest absolute Gasteiger partial charge is 0.493 e. The molecule has 0 aliphatic heterocycles. The van der Waals surface area contributed by atoms with Gasteiger partial charge in [0.15, 0.2) is 11.5 Å². The molecule has 6 nitrogen and oxygen atoms in total. The molecular weight excluding hydrogens is 368 g/mol. The molecule has 0 aliphatic carbocycles. The first-order chi connectivity index (χ1) is 13.5. The van der Waals surface area contributed by atoms with E-state index in [2.05, 4.69) is 20.0 Å². The predicted octanol–water partition coefficient (Wildman–Crippen LogP) is 4.34. The van der Waals surface area contributed by atoms with E-state index in [0.717, 1.165) is 11.4 Å². The molecular formula is C20H17F2N3O3. The summed E-state index contributed by atoms with van der Waals surface area (Å²) in [5.41, 5.74) is 2.13. The number of aromatic nitrogens is 2. The van der Waals surface area contributed by atoms with Crippen LogP contribution in [-0.4, -0.2) is 29.6 Å². The van der Waals surface area contributed by atoms with Gasteiger partial charge in [0, 0.05) is 29.7 Å². The lowest BCUT2D eigenvalue weighted by Gasteiger charge is -2.10. The van der Waals surface area contributed by atoms with Crippen molar-refractivity contribution in [2.75, 3.05) is 12.4 Å². The van der Waals surface area contributed by atoms with Crippen molar-refractivity contribution in [2.24, 2.45) is 0 Å². The van der Waals surface area contributed by atoms with Gasteiger partial charge >= 0.3 is 6.61 Å². The van der Waals surface area contributed by atoms with E-state index >= 15 is 0 Å². The summed E-state index contributed by atoms with van der Waals surface area (Å²) in [5, 5.41) is 2.74. The van der Waals surface area contributed by atoms with Crippen molar-refractivity contribution in [3.05, 3.63) is 66.5 Å². The fraction of sp³-hybridized carbons (Fsp3) is 0.100. The Morgan fingerprint density at radius 2 is 1.96 bits per heavy atom. The van der Waals surface area contributed by atoms with Crippen molar-refractivity contribution in [1.82, 2.24) is 9.97 Å². The van der Waals surface area contributed by atoms with Gasteiger partial charge in [0.05, 0.1) is 7.11 Å². The van der Waals surface area contributed by atoms with E-state index in [1.165, 1.54) is 25.3 Å². The number of rotatable bonds is 7. The zero-order valence-electron chi connectivity index (χ0n) is 14.9. The number of amides is 1. The molecule has 0 saturated heterocycles. The molecule has 3 aromatic rings. The Labute approximate surface area is 159 Å². The van der Waals surface area contributed by atoms with Gasteiger partial charge in [-0.1, -0.05) is 6.07 Å². The standard InChI is InChI=1S/C20H17F2N3O3/c1-27-17-12-13(2-8-16(17)28-20(21)22)3-9-18(26)25-15-6-4-14(5-7-15)19-23-10-11-24-19/h2-12,20H,1H3,(H,23,24)(H,25,26)/b9-3+. The average Bonchev–Trinajstić information content (AvgIpc) is 3.22. The summed E-state index contributed by atoms with van der Waals surface area (Å²) in [6.07, 6.45) is 6.28. The van der Waals surface area contributed by atoms with Crippen molar-refractivity contribution in [3.63, 3.8) is 0 Å². The normalized spacial score (nSPS) is 11.0. The van der Waals surface area contributed by atoms with Crippen LogP contribution in [0.2, 0.25) is 0 Å². The fourth-order valence-corrected chi connectivity index (χ4v) is 2.47. The number of hydrogen-bond donors (Lipinski definition) is 2. The summed E-state index contributed by atoms with van der Waals surface area (Å²) in [6, 6.07) is 11.6. The number of ether oxygens (including phenoxy) is 2. The van der Waals surface area contributed by atoms with E-state index in [1.54, 1.807) is 36.7 Å². The maximum absolute atomic E-state index is 12.4. The molecule has 0 radical (unpaired) electrons. The van der Waals surface area contributed by atoms with Crippen LogP contribution in [0, 0.1) is 0 Å². The number of carbonyl (C=O) groups excluding carboxylic acids is 1. The second kappa shape index (κ2) is 8.81. The topological polar surface area (TPSA) is 76.2 Å². The fourth-order valence-electron chi connectivity index (χ4n) is 2.47. The molecule has 2 N–H and O–H groups in total. The Balaban J connectivity index is 1.63. The Hall–Kier alpha value is -3.68. The number of imidazole rings is 1. The molecule has 3 rings (SSSR count). The number of halogens is 2. The molecule has 0 bridgehead atoms. The van der Waals surface area contributed by atoms with Crippen LogP contribution in [-0.2, 0) is 4.79 Å². The summed E-state index contributed by atoms with van der Waals surface area (Å²) in [4.78, 5) is 19.3. The molecule has 144 valence electrons. The summed E-state index contributed by atoms with van der Waals surface area (Å²) >= 11 is 0. The van der Waals surface area contributed by atoms with Crippen molar-refractivity contribution < 1.29 is 23.0 Å². The van der Waals surface area contributed by atoms with Crippen LogP contribution in [0.3, 0.4) is 0 Å². The minimum Gasteiger partial charge on any atom is -0.493 e. The minimum absolute atomic E-state index is 0.0734. The third-order valence-corrected chi connectivity index (χ3v) is 3.75. The SMILES string of the molecule is COc1cc(/C=C/C(=O)Nc2ccc(-c3ncc[nH]3)cc2)ccc1OC(F)F. The maximum Gasteiger partial charge on any atom is 0.387 e. The Kier molecular flexibility index (Phi) is 6.01. The lowest BCUT2D eigenvalue weighted by Crippen LogP contribution is -2.07. The molecule has 0 unspecified atom stereocenters. The van der Waals surface area contributed by atoms with Gasteiger partial charge in [-0.15, -0.1) is 0 Å². The number of aromatic amines is 1. The van der Waals surface area contributed by atoms with Crippen LogP contribution >= 0.6 is 0 Å². The number of nitrogens with zero attached hydrogens (tertiary/aromatic N) is 1. The van der Waals surface area contributed by atoms with Crippen molar-refractivity contribution in [3.8, 4) is 22.9 Å². The lowest BCUT2D eigenvalue weighted by atomic mass is 10.1. The first kappa shape index (κ1) is 19.1. The van der Waals surface area contributed by atoms with Gasteiger partial charge < -0.3 is 19.8 Å². The molecule has 2 aromatic carbocycles. The molecule has 1 heterocycles. The van der Waals surface area contributed by atoms with E-state index in [-0.39, 0.29) is 17.4 Å². The van der Waals surface area contributed by atoms with Gasteiger partial charge in [0.25, 0.3) is 0 Å². The van der Waals surface area contributed by atoms with E-state index < -0.39 is 6.61 Å². The second-order valence-electron chi connectivity index (χ2n) is 5.63. The molecule has 0 atom stereocenters. The minimum atomic E-state index is -2.94. The number of H-pyrrole nitrogens is 1. The van der Waals surface area contributed by atoms with E-state index in [1.807, 2.05) is 12.1 Å². The first-order valence-corrected chi connectivity index (χ1v) is 8.27. The molecule has 28 heavy (non-hydrogen) atoms. The van der Waals surface area contributed by atoms with E-state index in [4.69, 9.17) is 4.74 Å². The molecule has 1 aromatic heterocycles. The Morgan fingerprint density at radius 1 is 1.18 bits per heavy atom. The predicted molar refractivity (Wildman–Crippen MR) is 101 cm³/mol. The van der Waals surface area contributed by atoms with E-state index in [9.17, 15) is 13.6 Å². The Bertz CT molecular complexity index is 955. The highest BCUT2D eigenvalue weighted by Gasteiger charge is 2.10. The second-order valence-corrected chi connectivity index (χ2v) is 5.63. The van der Waals surface area contributed by atoms with Crippen molar-refractivity contribution >= 4 is 17.7 Å². The highest BCUT2D eigenvalue weighted by molar-refractivity contribution is 6.02. The van der Waals surface area contributed by atoms with Gasteiger partial charge in [0.2, 0.25) is 5.91 Å². The van der Waals surface area contributed by atoms with Crippen LogP contribution in [0.4, 0.5) is 14.5 Å². The number of nitrogens with one attached hydrogen (secondary N) is 2. The number of anilines is 1. The number of alkyl halides is 2. The van der Waals surface area contributed by atoms with Crippen LogP contribution in [0.5, 0.6) is 11.5 Å². The van der Waals surface area contributed by atoms with Gasteiger partial charge in [-0.05, 0) is 48.0 Å². The highest BCUT2D eigenvalue weighted by Crippen LogP contribution is 2.29. The molecule has 0 saturated carbocycles. The summed E-state index contributed by atoms with van der Waals surface area (Å²) < 4.78 is 34.1. The Morgan fingerprint density at radius 3 is 2.61 bits per heavy atom. The molecule has 0 fully saturated rings. The van der Waals surface area contributed by atoms with Crippen molar-refractivity contribution in [1.29, 1.82) is 0 Å². The smallest absolute Gasteiger partial charge is 0.387 e. The average molecular weight is 385 g/mol. The lowest BCUT2D eigenvalue weighted by molar-refractivity contribution is -0.111. The quantitative estimate of drug-likeness (QED) is 0.593. The van der Waals surface area contributed by atoms with Crippen LogP contribution in [0.15, 0.2) is 60.9 Å². The van der Waals surface area contributed by atoms with Crippen LogP contribution < -0.4 is 14.8 Å². The molecule has 8 heteroatoms. The number of carbonyl (C=O) groups is 1. The third kappa shape index (κ3) is 4.94. The zero-order chi connectivity index (χ0) is 19.9. The van der Waals surface area contributed by atoms with Crippen molar-refractivity contribution in [2.45, 2.75) is 6.61 Å². The van der Waals surface area contributed by atoms with Crippen LogP contribution in [0.1, 0.15) is 5.56 Å². The maximum atomic E-state index is 12.4. The summed E-state index contributed by atoms with van der Waals surface area (Å²) in [5.74, 6) is 0.482. The van der Waals surface area contributed by atoms with Gasteiger partial charge in [-0.25, -0.2) is 4.98 Å². The molecule has 0 spiro atoms. The first-order valence-electron chi connectivity index (χ1n) is 8.27. The number of methoxy groups -OCH3 is 1.